The summed E-state index contributed by atoms with van der Waals surface area (Å²) in [4.78, 5) is 39.6. The second-order valence-corrected chi connectivity index (χ2v) is 8.01. The van der Waals surface area contributed by atoms with Crippen molar-refractivity contribution < 1.29 is 14.6 Å². The molecule has 1 spiro atoms. The molecule has 2 aliphatic rings. The van der Waals surface area contributed by atoms with Gasteiger partial charge in [-0.3, -0.25) is 19.1 Å². The van der Waals surface area contributed by atoms with Crippen LogP contribution in [-0.2, 0) is 9.53 Å². The average molecular weight is 401 g/mol. The lowest BCUT2D eigenvalue weighted by molar-refractivity contribution is -0.198. The first-order valence-corrected chi connectivity index (χ1v) is 9.40. The van der Waals surface area contributed by atoms with Crippen molar-refractivity contribution in [1.29, 1.82) is 0 Å². The van der Waals surface area contributed by atoms with Gasteiger partial charge in [-0.1, -0.05) is 11.6 Å². The van der Waals surface area contributed by atoms with E-state index in [0.717, 1.165) is 0 Å². The third-order valence-electron chi connectivity index (χ3n) is 5.59. The molecule has 150 valence electrons. The quantitative estimate of drug-likeness (QED) is 0.633. The van der Waals surface area contributed by atoms with Crippen LogP contribution < -0.4 is 17.0 Å². The highest BCUT2D eigenvalue weighted by Gasteiger charge is 2.50. The van der Waals surface area contributed by atoms with E-state index in [0.29, 0.717) is 45.3 Å². The van der Waals surface area contributed by atoms with Gasteiger partial charge in [-0.15, -0.1) is 0 Å². The zero-order chi connectivity index (χ0) is 19.8. The summed E-state index contributed by atoms with van der Waals surface area (Å²) < 4.78 is 7.32. The number of amides is 1. The lowest BCUT2D eigenvalue weighted by Gasteiger charge is -2.51. The number of aliphatic hydroxyl groups is 1. The van der Waals surface area contributed by atoms with Crippen LogP contribution in [0, 0.1) is 0 Å². The molecule has 2 saturated heterocycles. The number of hydrogen-bond acceptors (Lipinski definition) is 6. The van der Waals surface area contributed by atoms with Crippen molar-refractivity contribution in [3.63, 3.8) is 0 Å². The number of aromatic amines is 1. The number of aromatic nitrogens is 2. The van der Waals surface area contributed by atoms with E-state index in [9.17, 15) is 19.5 Å². The average Bonchev–Trinajstić information content (AvgIpc) is 2.59. The maximum Gasteiger partial charge on any atom is 0.328 e. The number of nitrogens with zero attached hydrogens (tertiary/aromatic N) is 2. The maximum absolute atomic E-state index is 12.2. The number of halogens is 1. The molecule has 27 heavy (non-hydrogen) atoms. The first-order valence-electron chi connectivity index (χ1n) is 9.03. The molecule has 0 aromatic carbocycles. The Balaban J connectivity index is 1.75. The highest BCUT2D eigenvalue weighted by atomic mass is 35.5. The van der Waals surface area contributed by atoms with Gasteiger partial charge in [0.05, 0.1) is 23.9 Å². The largest absolute Gasteiger partial charge is 0.388 e. The molecule has 0 saturated carbocycles. The Morgan fingerprint density at radius 1 is 1.44 bits per heavy atom. The van der Waals surface area contributed by atoms with Crippen molar-refractivity contribution in [2.75, 3.05) is 26.2 Å². The van der Waals surface area contributed by atoms with Crippen LogP contribution in [0.5, 0.6) is 0 Å². The van der Waals surface area contributed by atoms with Gasteiger partial charge >= 0.3 is 5.69 Å². The summed E-state index contributed by atoms with van der Waals surface area (Å²) in [5.41, 5.74) is 2.35. The number of H-pyrrole nitrogens is 1. The van der Waals surface area contributed by atoms with Crippen molar-refractivity contribution in [3.05, 3.63) is 32.1 Å². The third kappa shape index (κ3) is 3.96. The summed E-state index contributed by atoms with van der Waals surface area (Å²) in [7, 11) is 0. The summed E-state index contributed by atoms with van der Waals surface area (Å²) >= 11 is 5.84. The van der Waals surface area contributed by atoms with E-state index < -0.39 is 28.5 Å². The Bertz CT molecular complexity index is 825. The lowest BCUT2D eigenvalue weighted by atomic mass is 9.75. The predicted molar refractivity (Wildman–Crippen MR) is 98.8 cm³/mol. The molecule has 0 radical (unpaired) electrons. The molecule has 9 nitrogen and oxygen atoms in total. The zero-order valence-electron chi connectivity index (χ0n) is 15.2. The molecule has 3 rings (SSSR count). The minimum atomic E-state index is -1.24. The highest BCUT2D eigenvalue weighted by molar-refractivity contribution is 6.30. The Labute approximate surface area is 161 Å². The van der Waals surface area contributed by atoms with Crippen LogP contribution in [0.1, 0.15) is 38.6 Å². The number of rotatable bonds is 3. The molecule has 0 bridgehead atoms. The van der Waals surface area contributed by atoms with E-state index >= 15 is 0 Å². The fraction of sp³-hybridized carbons (Fsp3) is 0.706. The second kappa shape index (κ2) is 7.38. The predicted octanol–water partition coefficient (Wildman–Crippen LogP) is -0.388. The molecule has 4 N–H and O–H groups in total. The Hall–Kier alpha value is -1.68. The lowest BCUT2D eigenvalue weighted by Crippen LogP contribution is -2.59. The molecule has 1 amide bonds. The van der Waals surface area contributed by atoms with Crippen molar-refractivity contribution in [1.82, 2.24) is 14.5 Å². The molecule has 10 heteroatoms. The van der Waals surface area contributed by atoms with Gasteiger partial charge in [0.15, 0.2) is 0 Å². The molecule has 1 aromatic heterocycles. The molecule has 2 aliphatic heterocycles. The topological polar surface area (TPSA) is 131 Å². The molecule has 2 atom stereocenters. The monoisotopic (exact) mass is 400 g/mol. The number of piperidine rings is 1. The first kappa shape index (κ1) is 20.1. The summed E-state index contributed by atoms with van der Waals surface area (Å²) in [6.07, 6.45) is 3.08. The number of ether oxygens (including phenoxy) is 1. The van der Waals surface area contributed by atoms with E-state index in [4.69, 9.17) is 22.1 Å². The van der Waals surface area contributed by atoms with Gasteiger partial charge in [0.25, 0.3) is 5.56 Å². The standard InChI is InChI=1S/C17H25ClN4O5/c1-16(26)10-17(3-6-21(7-4-17)13(23)2-5-19)27-9-12(16)22-8-11(18)14(24)20-15(22)25/h8,12,26H,2-7,9-10,19H2,1H3,(H,20,24,25)/t12-,16-/m0/s1. The molecule has 0 unspecified atom stereocenters. The SMILES string of the molecule is C[C@]1(O)CC2(CCN(C(=O)CCN)CC2)OC[C@@H]1n1cc(Cl)c(=O)[nH]c1=O. The van der Waals surface area contributed by atoms with Crippen molar-refractivity contribution in [2.24, 2.45) is 5.73 Å². The zero-order valence-corrected chi connectivity index (χ0v) is 16.0. The van der Waals surface area contributed by atoms with E-state index in [1.54, 1.807) is 11.8 Å². The second-order valence-electron chi connectivity index (χ2n) is 7.61. The van der Waals surface area contributed by atoms with Crippen LogP contribution in [0.3, 0.4) is 0 Å². The first-order chi connectivity index (χ1) is 12.7. The number of carbonyl (C=O) groups excluding carboxylic acids is 1. The van der Waals surface area contributed by atoms with Crippen LogP contribution >= 0.6 is 11.6 Å². The van der Waals surface area contributed by atoms with E-state index in [-0.39, 0.29) is 17.5 Å². The van der Waals surface area contributed by atoms with E-state index in [1.807, 2.05) is 0 Å². The van der Waals surface area contributed by atoms with E-state index in [2.05, 4.69) is 4.98 Å². The fourth-order valence-corrected chi connectivity index (χ4v) is 4.25. The molecule has 1 aromatic rings. The van der Waals surface area contributed by atoms with Crippen molar-refractivity contribution in [3.8, 4) is 0 Å². The molecular weight excluding hydrogens is 376 g/mol. The summed E-state index contributed by atoms with van der Waals surface area (Å²) in [5, 5.41) is 10.9. The maximum atomic E-state index is 12.2. The number of likely N-dealkylation sites (tertiary alicyclic amines) is 1. The molecule has 3 heterocycles. The summed E-state index contributed by atoms with van der Waals surface area (Å²) in [6, 6.07) is -0.679. The van der Waals surface area contributed by atoms with Crippen LogP contribution in [0.25, 0.3) is 0 Å². The summed E-state index contributed by atoms with van der Waals surface area (Å²) in [5.74, 6) is 0.0298. The number of hydrogen-bond donors (Lipinski definition) is 3. The highest BCUT2D eigenvalue weighted by Crippen LogP contribution is 2.43. The van der Waals surface area contributed by atoms with Gasteiger partial charge in [-0.05, 0) is 19.8 Å². The molecule has 2 fully saturated rings. The molecule has 0 aliphatic carbocycles. The van der Waals surface area contributed by atoms with Gasteiger partial charge in [0.1, 0.15) is 5.02 Å². The van der Waals surface area contributed by atoms with Gasteiger partial charge in [0, 0.05) is 38.7 Å². The fourth-order valence-electron chi connectivity index (χ4n) is 4.09. The Morgan fingerprint density at radius 3 is 2.70 bits per heavy atom. The van der Waals surface area contributed by atoms with Crippen molar-refractivity contribution in [2.45, 2.75) is 49.9 Å². The minimum Gasteiger partial charge on any atom is -0.388 e. The number of nitrogens with one attached hydrogen (secondary N) is 1. The van der Waals surface area contributed by atoms with Gasteiger partial charge in [-0.2, -0.15) is 0 Å². The van der Waals surface area contributed by atoms with Gasteiger partial charge in [0.2, 0.25) is 5.91 Å². The van der Waals surface area contributed by atoms with Crippen LogP contribution in [0.2, 0.25) is 5.02 Å². The van der Waals surface area contributed by atoms with Crippen LogP contribution in [0.15, 0.2) is 15.8 Å². The third-order valence-corrected chi connectivity index (χ3v) is 5.86. The molecular formula is C17H25ClN4O5. The van der Waals surface area contributed by atoms with Crippen LogP contribution in [-0.4, -0.2) is 62.9 Å². The number of carbonyl (C=O) groups is 1. The van der Waals surface area contributed by atoms with E-state index in [1.165, 1.54) is 10.8 Å². The Morgan fingerprint density at radius 2 is 2.11 bits per heavy atom. The van der Waals surface area contributed by atoms with Gasteiger partial charge < -0.3 is 20.5 Å². The minimum absolute atomic E-state index is 0.0298. The number of nitrogens with two attached hydrogens (primary N) is 1. The van der Waals surface area contributed by atoms with Crippen molar-refractivity contribution >= 4 is 17.5 Å². The summed E-state index contributed by atoms with van der Waals surface area (Å²) in [6.45, 7) is 3.17. The Kier molecular flexibility index (Phi) is 5.49. The van der Waals surface area contributed by atoms with Gasteiger partial charge in [-0.25, -0.2) is 4.79 Å². The normalized spacial score (nSPS) is 27.7. The smallest absolute Gasteiger partial charge is 0.328 e. The van der Waals surface area contributed by atoms with Crippen LogP contribution in [0.4, 0.5) is 0 Å².